The molecule has 0 aromatic carbocycles. The van der Waals surface area contributed by atoms with Gasteiger partial charge in [0.2, 0.25) is 0 Å². The van der Waals surface area contributed by atoms with Gasteiger partial charge in [-0.05, 0) is 62.2 Å². The minimum absolute atomic E-state index is 0.108. The Labute approximate surface area is 116 Å². The van der Waals surface area contributed by atoms with Crippen molar-refractivity contribution >= 4 is 0 Å². The van der Waals surface area contributed by atoms with Gasteiger partial charge in [-0.25, -0.2) is 0 Å². The van der Waals surface area contributed by atoms with E-state index in [-0.39, 0.29) is 24.7 Å². The SMILES string of the molecule is CC1(CCO)CC(CCO)C=C2CCCC(N)C1C2. The standard InChI is InChI=1S/C16H29NO2/c1-16(6-8-19)11-13(5-7-18)9-12-3-2-4-15(17)14(16)10-12/h9,13-15,18-19H,2-8,10-11,17H2,1H3. The van der Waals surface area contributed by atoms with E-state index in [2.05, 4.69) is 13.0 Å². The second kappa shape index (κ2) is 6.38. The largest absolute Gasteiger partial charge is 0.396 e. The van der Waals surface area contributed by atoms with Gasteiger partial charge < -0.3 is 15.9 Å². The van der Waals surface area contributed by atoms with Gasteiger partial charge in [0.25, 0.3) is 0 Å². The van der Waals surface area contributed by atoms with Crippen LogP contribution in [0.25, 0.3) is 0 Å². The first-order valence-electron chi connectivity index (χ1n) is 7.76. The van der Waals surface area contributed by atoms with Crippen molar-refractivity contribution in [1.29, 1.82) is 0 Å². The Morgan fingerprint density at radius 1 is 1.37 bits per heavy atom. The highest BCUT2D eigenvalue weighted by Gasteiger charge is 2.41. The van der Waals surface area contributed by atoms with E-state index < -0.39 is 0 Å². The summed E-state index contributed by atoms with van der Waals surface area (Å²) in [6, 6.07) is 0.260. The molecule has 2 aliphatic carbocycles. The van der Waals surface area contributed by atoms with Gasteiger partial charge in [0.05, 0.1) is 0 Å². The molecule has 2 bridgehead atoms. The normalized spacial score (nSPS) is 39.4. The number of hydrogen-bond acceptors (Lipinski definition) is 3. The van der Waals surface area contributed by atoms with Gasteiger partial charge in [-0.15, -0.1) is 0 Å². The van der Waals surface area contributed by atoms with E-state index in [1.165, 1.54) is 18.4 Å². The Hall–Kier alpha value is -0.380. The van der Waals surface area contributed by atoms with E-state index in [0.29, 0.717) is 11.8 Å². The zero-order valence-electron chi connectivity index (χ0n) is 12.1. The van der Waals surface area contributed by atoms with Crippen molar-refractivity contribution in [2.24, 2.45) is 23.0 Å². The van der Waals surface area contributed by atoms with E-state index in [1.807, 2.05) is 0 Å². The molecule has 0 saturated heterocycles. The fourth-order valence-corrected chi connectivity index (χ4v) is 4.25. The molecule has 4 unspecified atom stereocenters. The van der Waals surface area contributed by atoms with Gasteiger partial charge in [-0.2, -0.15) is 0 Å². The molecule has 0 heterocycles. The Balaban J connectivity index is 2.27. The molecule has 0 aliphatic heterocycles. The molecule has 2 rings (SSSR count). The zero-order chi connectivity index (χ0) is 13.9. The molecule has 4 atom stereocenters. The van der Waals surface area contributed by atoms with Gasteiger partial charge in [0, 0.05) is 19.3 Å². The van der Waals surface area contributed by atoms with E-state index in [0.717, 1.165) is 32.1 Å². The van der Waals surface area contributed by atoms with Crippen LogP contribution in [0.1, 0.15) is 51.9 Å². The van der Waals surface area contributed by atoms with Gasteiger partial charge in [-0.1, -0.05) is 18.6 Å². The highest BCUT2D eigenvalue weighted by Crippen LogP contribution is 2.48. The van der Waals surface area contributed by atoms with Crippen molar-refractivity contribution in [2.75, 3.05) is 13.2 Å². The minimum atomic E-state index is 0.108. The van der Waals surface area contributed by atoms with E-state index in [4.69, 9.17) is 5.73 Å². The van der Waals surface area contributed by atoms with Crippen molar-refractivity contribution in [1.82, 2.24) is 0 Å². The lowest BCUT2D eigenvalue weighted by Gasteiger charge is -2.41. The van der Waals surface area contributed by atoms with Crippen LogP contribution in [-0.4, -0.2) is 29.5 Å². The third-order valence-corrected chi connectivity index (χ3v) is 5.31. The van der Waals surface area contributed by atoms with Crippen LogP contribution in [0.2, 0.25) is 0 Å². The van der Waals surface area contributed by atoms with E-state index in [9.17, 15) is 10.2 Å². The van der Waals surface area contributed by atoms with Crippen LogP contribution in [0.3, 0.4) is 0 Å². The van der Waals surface area contributed by atoms with Crippen molar-refractivity contribution in [2.45, 2.75) is 57.9 Å². The molecule has 3 nitrogen and oxygen atoms in total. The fraction of sp³-hybridized carbons (Fsp3) is 0.875. The van der Waals surface area contributed by atoms with E-state index in [1.54, 1.807) is 0 Å². The Morgan fingerprint density at radius 3 is 2.84 bits per heavy atom. The average molecular weight is 267 g/mol. The summed E-state index contributed by atoms with van der Waals surface area (Å²) >= 11 is 0. The molecule has 0 spiro atoms. The molecule has 19 heavy (non-hydrogen) atoms. The molecule has 0 aromatic heterocycles. The summed E-state index contributed by atoms with van der Waals surface area (Å²) in [5.41, 5.74) is 8.07. The predicted molar refractivity (Wildman–Crippen MR) is 77.6 cm³/mol. The van der Waals surface area contributed by atoms with Crippen molar-refractivity contribution in [3.8, 4) is 0 Å². The smallest absolute Gasteiger partial charge is 0.0436 e. The second-order valence-corrected chi connectivity index (χ2v) is 6.80. The van der Waals surface area contributed by atoms with Gasteiger partial charge in [-0.3, -0.25) is 0 Å². The summed E-state index contributed by atoms with van der Waals surface area (Å²) in [5.74, 6) is 0.934. The van der Waals surface area contributed by atoms with Gasteiger partial charge in [0.1, 0.15) is 0 Å². The molecule has 1 fully saturated rings. The van der Waals surface area contributed by atoms with Crippen LogP contribution in [0, 0.1) is 17.3 Å². The molecule has 4 N–H and O–H groups in total. The molecular formula is C16H29NO2. The second-order valence-electron chi connectivity index (χ2n) is 6.80. The molecule has 1 saturated carbocycles. The summed E-state index contributed by atoms with van der Waals surface area (Å²) in [5, 5.41) is 18.7. The molecule has 2 aliphatic rings. The monoisotopic (exact) mass is 267 g/mol. The lowest BCUT2D eigenvalue weighted by atomic mass is 9.66. The summed E-state index contributed by atoms with van der Waals surface area (Å²) in [6.45, 7) is 2.78. The van der Waals surface area contributed by atoms with Crippen molar-refractivity contribution < 1.29 is 10.2 Å². The summed E-state index contributed by atoms with van der Waals surface area (Å²) < 4.78 is 0. The van der Waals surface area contributed by atoms with Crippen LogP contribution >= 0.6 is 0 Å². The first kappa shape index (κ1) is 15.0. The number of rotatable bonds is 4. The molecule has 0 aromatic rings. The maximum Gasteiger partial charge on any atom is 0.0436 e. The van der Waals surface area contributed by atoms with Gasteiger partial charge in [0.15, 0.2) is 0 Å². The molecule has 0 radical (unpaired) electrons. The van der Waals surface area contributed by atoms with E-state index >= 15 is 0 Å². The predicted octanol–water partition coefficient (Wildman–Crippen LogP) is 2.22. The van der Waals surface area contributed by atoms with Crippen LogP contribution < -0.4 is 5.73 Å². The lowest BCUT2D eigenvalue weighted by Crippen LogP contribution is -2.41. The van der Waals surface area contributed by atoms with Crippen LogP contribution in [0.4, 0.5) is 0 Å². The molecular weight excluding hydrogens is 238 g/mol. The number of nitrogens with two attached hydrogens (primary N) is 1. The van der Waals surface area contributed by atoms with Crippen LogP contribution in [-0.2, 0) is 0 Å². The number of allylic oxidation sites excluding steroid dienone is 2. The first-order chi connectivity index (χ1) is 9.09. The maximum absolute atomic E-state index is 9.44. The molecule has 3 heteroatoms. The third-order valence-electron chi connectivity index (χ3n) is 5.31. The van der Waals surface area contributed by atoms with Crippen LogP contribution in [0.15, 0.2) is 11.6 Å². The van der Waals surface area contributed by atoms with Crippen molar-refractivity contribution in [3.05, 3.63) is 11.6 Å². The quantitative estimate of drug-likeness (QED) is 0.684. The Kier molecular flexibility index (Phi) is 5.04. The number of hydrogen-bond donors (Lipinski definition) is 3. The number of fused-ring (bicyclic) bond motifs is 2. The van der Waals surface area contributed by atoms with Gasteiger partial charge >= 0.3 is 0 Å². The average Bonchev–Trinajstić information content (AvgIpc) is 2.59. The summed E-state index contributed by atoms with van der Waals surface area (Å²) in [4.78, 5) is 0. The van der Waals surface area contributed by atoms with Crippen LogP contribution in [0.5, 0.6) is 0 Å². The number of aliphatic hydroxyl groups is 2. The molecule has 0 amide bonds. The highest BCUT2D eigenvalue weighted by molar-refractivity contribution is 5.14. The Morgan fingerprint density at radius 2 is 2.16 bits per heavy atom. The topological polar surface area (TPSA) is 66.5 Å². The first-order valence-corrected chi connectivity index (χ1v) is 7.76. The zero-order valence-corrected chi connectivity index (χ0v) is 12.1. The lowest BCUT2D eigenvalue weighted by molar-refractivity contribution is 0.0836. The molecule has 110 valence electrons. The third kappa shape index (κ3) is 3.39. The fourth-order valence-electron chi connectivity index (χ4n) is 4.25. The minimum Gasteiger partial charge on any atom is -0.396 e. The Bertz CT molecular complexity index is 329. The maximum atomic E-state index is 9.44. The summed E-state index contributed by atoms with van der Waals surface area (Å²) in [7, 11) is 0. The van der Waals surface area contributed by atoms with Crippen molar-refractivity contribution in [3.63, 3.8) is 0 Å². The number of aliphatic hydroxyl groups excluding tert-OH is 2. The highest BCUT2D eigenvalue weighted by atomic mass is 16.3. The summed E-state index contributed by atoms with van der Waals surface area (Å²) in [6.07, 6.45) is 9.68.